The normalized spacial score (nSPS) is 17.9. The van der Waals surface area contributed by atoms with Gasteiger partial charge in [0.25, 0.3) is 0 Å². The molecule has 1 aromatic rings. The van der Waals surface area contributed by atoms with Crippen molar-refractivity contribution in [2.75, 3.05) is 19.8 Å². The van der Waals surface area contributed by atoms with Gasteiger partial charge in [0, 0.05) is 0 Å². The molecule has 4 heteroatoms. The van der Waals surface area contributed by atoms with E-state index in [1.165, 1.54) is 5.56 Å². The molecular formula is C11H15NO2S. The van der Waals surface area contributed by atoms with Gasteiger partial charge in [0.1, 0.15) is 0 Å². The van der Waals surface area contributed by atoms with E-state index in [-0.39, 0.29) is 6.29 Å². The molecule has 1 saturated heterocycles. The molecule has 0 radical (unpaired) electrons. The van der Waals surface area contributed by atoms with Gasteiger partial charge in [0.05, 0.1) is 18.1 Å². The van der Waals surface area contributed by atoms with Gasteiger partial charge in [-0.05, 0) is 30.0 Å². The van der Waals surface area contributed by atoms with E-state index in [9.17, 15) is 0 Å². The van der Waals surface area contributed by atoms with Gasteiger partial charge < -0.3 is 15.2 Å². The zero-order chi connectivity index (χ0) is 10.5. The van der Waals surface area contributed by atoms with Gasteiger partial charge >= 0.3 is 0 Å². The van der Waals surface area contributed by atoms with Crippen molar-refractivity contribution < 1.29 is 9.47 Å². The van der Waals surface area contributed by atoms with Crippen LogP contribution in [0.4, 0.5) is 0 Å². The molecule has 0 bridgehead atoms. The summed E-state index contributed by atoms with van der Waals surface area (Å²) in [6.45, 7) is 2.09. The predicted octanol–water partition coefficient (Wildman–Crippen LogP) is 2.16. The zero-order valence-electron chi connectivity index (χ0n) is 8.52. The maximum Gasteiger partial charge on any atom is 0.193 e. The molecule has 1 fully saturated rings. The van der Waals surface area contributed by atoms with Crippen molar-refractivity contribution in [3.05, 3.63) is 28.0 Å². The lowest BCUT2D eigenvalue weighted by Gasteiger charge is -2.04. The molecule has 0 unspecified atom stereocenters. The second kappa shape index (κ2) is 5.42. The molecule has 0 aliphatic carbocycles. The van der Waals surface area contributed by atoms with E-state index in [1.54, 1.807) is 11.3 Å². The standard InChI is InChI=1S/C11H15NO2S/c12-4-2-1-3-9-7-10(15-8-9)11-13-5-6-14-11/h1,3,7-8,11H,2,4-6,12H2. The molecule has 3 nitrogen and oxygen atoms in total. The number of hydrogen-bond donors (Lipinski definition) is 1. The Kier molecular flexibility index (Phi) is 3.91. The molecule has 0 aromatic carbocycles. The predicted molar refractivity (Wildman–Crippen MR) is 61.7 cm³/mol. The second-order valence-electron chi connectivity index (χ2n) is 3.34. The third-order valence-electron chi connectivity index (χ3n) is 2.14. The van der Waals surface area contributed by atoms with Crippen LogP contribution in [0.25, 0.3) is 6.08 Å². The van der Waals surface area contributed by atoms with E-state index in [2.05, 4.69) is 23.6 Å². The van der Waals surface area contributed by atoms with Crippen molar-refractivity contribution in [2.45, 2.75) is 12.7 Å². The Morgan fingerprint density at radius 3 is 3.00 bits per heavy atom. The Morgan fingerprint density at radius 1 is 1.47 bits per heavy atom. The lowest BCUT2D eigenvalue weighted by Crippen LogP contribution is -1.95. The van der Waals surface area contributed by atoms with Crippen LogP contribution in [-0.4, -0.2) is 19.8 Å². The third kappa shape index (κ3) is 2.89. The van der Waals surface area contributed by atoms with Crippen LogP contribution in [0.3, 0.4) is 0 Å². The largest absolute Gasteiger partial charge is 0.345 e. The van der Waals surface area contributed by atoms with Crippen molar-refractivity contribution >= 4 is 17.4 Å². The van der Waals surface area contributed by atoms with E-state index >= 15 is 0 Å². The van der Waals surface area contributed by atoms with E-state index in [4.69, 9.17) is 15.2 Å². The van der Waals surface area contributed by atoms with E-state index in [0.717, 1.165) is 11.3 Å². The van der Waals surface area contributed by atoms with Crippen molar-refractivity contribution in [1.82, 2.24) is 0 Å². The van der Waals surface area contributed by atoms with Crippen LogP contribution >= 0.6 is 11.3 Å². The van der Waals surface area contributed by atoms with Gasteiger partial charge in [-0.15, -0.1) is 11.3 Å². The highest BCUT2D eigenvalue weighted by Gasteiger charge is 2.19. The molecule has 0 amide bonds. The summed E-state index contributed by atoms with van der Waals surface area (Å²) in [5, 5.41) is 2.10. The molecule has 0 atom stereocenters. The maximum atomic E-state index is 5.42. The first kappa shape index (κ1) is 10.8. The molecule has 15 heavy (non-hydrogen) atoms. The summed E-state index contributed by atoms with van der Waals surface area (Å²) >= 11 is 1.67. The van der Waals surface area contributed by atoms with Crippen LogP contribution in [0.15, 0.2) is 17.5 Å². The monoisotopic (exact) mass is 225 g/mol. The summed E-state index contributed by atoms with van der Waals surface area (Å²) in [4.78, 5) is 1.14. The van der Waals surface area contributed by atoms with Gasteiger partial charge in [0.15, 0.2) is 6.29 Å². The highest BCUT2D eigenvalue weighted by atomic mass is 32.1. The van der Waals surface area contributed by atoms with Crippen molar-refractivity contribution in [1.29, 1.82) is 0 Å². The van der Waals surface area contributed by atoms with Crippen LogP contribution in [0, 0.1) is 0 Å². The molecule has 0 spiro atoms. The van der Waals surface area contributed by atoms with Crippen LogP contribution in [0.1, 0.15) is 23.2 Å². The van der Waals surface area contributed by atoms with Crippen LogP contribution < -0.4 is 5.73 Å². The topological polar surface area (TPSA) is 44.5 Å². The fourth-order valence-corrected chi connectivity index (χ4v) is 2.29. The number of thiophene rings is 1. The van der Waals surface area contributed by atoms with Gasteiger partial charge in [-0.1, -0.05) is 12.2 Å². The summed E-state index contributed by atoms with van der Waals surface area (Å²) in [7, 11) is 0. The Balaban J connectivity index is 1.97. The average molecular weight is 225 g/mol. The minimum Gasteiger partial charge on any atom is -0.345 e. The maximum absolute atomic E-state index is 5.42. The van der Waals surface area contributed by atoms with Crippen molar-refractivity contribution in [2.24, 2.45) is 5.73 Å². The minimum absolute atomic E-state index is 0.147. The number of hydrogen-bond acceptors (Lipinski definition) is 4. The molecule has 2 N–H and O–H groups in total. The summed E-state index contributed by atoms with van der Waals surface area (Å²) in [6, 6.07) is 2.10. The first-order valence-corrected chi connectivity index (χ1v) is 5.96. The molecule has 82 valence electrons. The van der Waals surface area contributed by atoms with Gasteiger partial charge in [0.2, 0.25) is 0 Å². The molecular weight excluding hydrogens is 210 g/mol. The van der Waals surface area contributed by atoms with E-state index in [1.807, 2.05) is 0 Å². The zero-order valence-corrected chi connectivity index (χ0v) is 9.33. The molecule has 2 heterocycles. The third-order valence-corrected chi connectivity index (χ3v) is 3.11. The summed E-state index contributed by atoms with van der Waals surface area (Å²) in [5.41, 5.74) is 6.61. The Labute approximate surface area is 93.5 Å². The van der Waals surface area contributed by atoms with Crippen molar-refractivity contribution in [3.63, 3.8) is 0 Å². The van der Waals surface area contributed by atoms with E-state index < -0.39 is 0 Å². The van der Waals surface area contributed by atoms with E-state index in [0.29, 0.717) is 19.8 Å². The fourth-order valence-electron chi connectivity index (χ4n) is 1.42. The second-order valence-corrected chi connectivity index (χ2v) is 4.28. The summed E-state index contributed by atoms with van der Waals surface area (Å²) < 4.78 is 10.8. The highest BCUT2D eigenvalue weighted by molar-refractivity contribution is 7.10. The lowest BCUT2D eigenvalue weighted by atomic mass is 10.2. The number of nitrogens with two attached hydrogens (primary N) is 1. The Bertz CT molecular complexity index is 329. The van der Waals surface area contributed by atoms with Crippen LogP contribution in [0.2, 0.25) is 0 Å². The molecule has 1 aliphatic heterocycles. The minimum atomic E-state index is -0.147. The molecule has 1 aromatic heterocycles. The van der Waals surface area contributed by atoms with Gasteiger partial charge in [-0.3, -0.25) is 0 Å². The summed E-state index contributed by atoms with van der Waals surface area (Å²) in [6.07, 6.45) is 4.94. The molecule has 2 rings (SSSR count). The van der Waals surface area contributed by atoms with Crippen LogP contribution in [-0.2, 0) is 9.47 Å². The first-order chi connectivity index (χ1) is 7.40. The van der Waals surface area contributed by atoms with Gasteiger partial charge in [-0.25, -0.2) is 0 Å². The van der Waals surface area contributed by atoms with Crippen LogP contribution in [0.5, 0.6) is 0 Å². The number of rotatable bonds is 4. The Hall–Kier alpha value is -0.680. The fraction of sp³-hybridized carbons (Fsp3) is 0.455. The smallest absolute Gasteiger partial charge is 0.193 e. The summed E-state index contributed by atoms with van der Waals surface area (Å²) in [5.74, 6) is 0. The van der Waals surface area contributed by atoms with Crippen molar-refractivity contribution in [3.8, 4) is 0 Å². The quantitative estimate of drug-likeness (QED) is 0.854. The number of ether oxygens (including phenoxy) is 2. The lowest BCUT2D eigenvalue weighted by molar-refractivity contribution is -0.0413. The molecule has 0 saturated carbocycles. The Morgan fingerprint density at radius 2 is 2.27 bits per heavy atom. The average Bonchev–Trinajstić information content (AvgIpc) is 2.87. The first-order valence-electron chi connectivity index (χ1n) is 5.08. The SMILES string of the molecule is NCCC=Cc1csc(C2OCCO2)c1. The molecule has 1 aliphatic rings. The highest BCUT2D eigenvalue weighted by Crippen LogP contribution is 2.29. The van der Waals surface area contributed by atoms with Gasteiger partial charge in [-0.2, -0.15) is 0 Å².